The number of carboxylic acids is 1. The van der Waals surface area contributed by atoms with E-state index in [4.69, 9.17) is 10.1 Å². The average Bonchev–Trinajstić information content (AvgIpc) is 2.75. The fraction of sp³-hybridized carbons (Fsp3) is 0.261. The number of fused-ring (bicyclic) bond motifs is 1. The Bertz CT molecular complexity index is 1080. The van der Waals surface area contributed by atoms with E-state index in [0.717, 1.165) is 5.56 Å². The number of benzene rings is 2. The van der Waals surface area contributed by atoms with Crippen molar-refractivity contribution in [2.45, 2.75) is 6.54 Å². The largest absolute Gasteiger partial charge is 0.478 e. The molecule has 1 aliphatic heterocycles. The first-order chi connectivity index (χ1) is 14.6. The highest BCUT2D eigenvalue weighted by Crippen LogP contribution is 2.31. The lowest BCUT2D eigenvalue weighted by atomic mass is 9.96. The van der Waals surface area contributed by atoms with E-state index in [2.05, 4.69) is 0 Å². The minimum Gasteiger partial charge on any atom is -0.478 e. The molecule has 1 fully saturated rings. The Morgan fingerprint density at radius 2 is 1.77 bits per heavy atom. The topological polar surface area (TPSA) is 94.0 Å². The summed E-state index contributed by atoms with van der Waals surface area (Å²) < 4.78 is 0. The average molecular weight is 405 g/mol. The van der Waals surface area contributed by atoms with Crippen LogP contribution in [0.25, 0.3) is 22.2 Å². The first kappa shape index (κ1) is 20.0. The van der Waals surface area contributed by atoms with Crippen LogP contribution in [0.1, 0.15) is 15.9 Å². The Hall–Kier alpha value is -3.29. The van der Waals surface area contributed by atoms with Gasteiger partial charge >= 0.3 is 5.97 Å². The Kier molecular flexibility index (Phi) is 5.74. The molecule has 1 aromatic heterocycles. The molecule has 3 aromatic rings. The van der Waals surface area contributed by atoms with Gasteiger partial charge in [0.2, 0.25) is 5.91 Å². The predicted octanol–water partition coefficient (Wildman–Crippen LogP) is 2.24. The summed E-state index contributed by atoms with van der Waals surface area (Å²) in [6.45, 7) is 1.85. The van der Waals surface area contributed by atoms with Gasteiger partial charge in [0.25, 0.3) is 0 Å². The number of pyridine rings is 1. The fourth-order valence-corrected chi connectivity index (χ4v) is 3.96. The van der Waals surface area contributed by atoms with Crippen LogP contribution in [-0.4, -0.2) is 69.7 Å². The van der Waals surface area contributed by atoms with E-state index in [1.165, 1.54) is 0 Å². The molecule has 7 heteroatoms. The quantitative estimate of drug-likeness (QED) is 0.653. The van der Waals surface area contributed by atoms with Crippen LogP contribution >= 0.6 is 0 Å². The van der Waals surface area contributed by atoms with Crippen molar-refractivity contribution in [3.63, 3.8) is 0 Å². The van der Waals surface area contributed by atoms with E-state index in [-0.39, 0.29) is 24.6 Å². The number of piperazine rings is 1. The number of para-hydroxylation sites is 1. The minimum atomic E-state index is -1.01. The Balaban J connectivity index is 1.80. The van der Waals surface area contributed by atoms with Crippen LogP contribution in [0, 0.1) is 0 Å². The number of nitrogens with zero attached hydrogens (tertiary/aromatic N) is 3. The molecule has 0 atom stereocenters. The van der Waals surface area contributed by atoms with Crippen molar-refractivity contribution in [2.24, 2.45) is 0 Å². The van der Waals surface area contributed by atoms with Crippen LogP contribution in [0.4, 0.5) is 0 Å². The number of aromatic carboxylic acids is 1. The molecule has 0 unspecified atom stereocenters. The second-order valence-electron chi connectivity index (χ2n) is 7.32. The molecule has 0 radical (unpaired) electrons. The normalized spacial score (nSPS) is 15.0. The monoisotopic (exact) mass is 405 g/mol. The van der Waals surface area contributed by atoms with Gasteiger partial charge in [-0.05, 0) is 6.07 Å². The van der Waals surface area contributed by atoms with Crippen molar-refractivity contribution >= 4 is 22.8 Å². The molecule has 0 saturated carbocycles. The van der Waals surface area contributed by atoms with Crippen molar-refractivity contribution in [3.05, 3.63) is 65.7 Å². The summed E-state index contributed by atoms with van der Waals surface area (Å²) >= 11 is 0. The van der Waals surface area contributed by atoms with Gasteiger partial charge in [0.15, 0.2) is 0 Å². The van der Waals surface area contributed by atoms with Crippen LogP contribution in [0.15, 0.2) is 54.6 Å². The van der Waals surface area contributed by atoms with Gasteiger partial charge in [-0.2, -0.15) is 0 Å². The van der Waals surface area contributed by atoms with E-state index < -0.39 is 5.97 Å². The van der Waals surface area contributed by atoms with E-state index in [0.29, 0.717) is 48.3 Å². The maximum atomic E-state index is 12.4. The highest BCUT2D eigenvalue weighted by atomic mass is 16.4. The fourth-order valence-electron chi connectivity index (χ4n) is 3.96. The molecular weight excluding hydrogens is 382 g/mol. The third-order valence-corrected chi connectivity index (χ3v) is 5.40. The van der Waals surface area contributed by atoms with Crippen molar-refractivity contribution < 1.29 is 19.8 Å². The van der Waals surface area contributed by atoms with Gasteiger partial charge in [0, 0.05) is 42.7 Å². The summed E-state index contributed by atoms with van der Waals surface area (Å²) in [7, 11) is 0. The number of rotatable bonds is 6. The van der Waals surface area contributed by atoms with Crippen LogP contribution < -0.4 is 0 Å². The zero-order chi connectivity index (χ0) is 21.1. The van der Waals surface area contributed by atoms with Crippen LogP contribution in [-0.2, 0) is 11.3 Å². The highest BCUT2D eigenvalue weighted by Gasteiger charge is 2.27. The van der Waals surface area contributed by atoms with E-state index in [9.17, 15) is 14.7 Å². The number of carbonyl (C=O) groups excluding carboxylic acids is 1. The lowest BCUT2D eigenvalue weighted by Crippen LogP contribution is -2.50. The standard InChI is InChI=1S/C23H23N3O4/c27-13-12-26-11-10-25(15-20(26)28)14-18-21(23(29)30)17-8-4-5-9-19(17)24-22(18)16-6-2-1-3-7-16/h1-9,27H,10-15H2,(H,29,30). The smallest absolute Gasteiger partial charge is 0.336 e. The van der Waals surface area contributed by atoms with Crippen molar-refractivity contribution in [2.75, 3.05) is 32.8 Å². The summed E-state index contributed by atoms with van der Waals surface area (Å²) in [6.07, 6.45) is 0. The number of β-amino-alcohol motifs (C(OH)–C–C–N with tert-alkyl or cyclic N) is 1. The number of aliphatic hydroxyl groups excluding tert-OH is 1. The molecule has 154 valence electrons. The third-order valence-electron chi connectivity index (χ3n) is 5.40. The molecular formula is C23H23N3O4. The maximum Gasteiger partial charge on any atom is 0.336 e. The molecule has 30 heavy (non-hydrogen) atoms. The van der Waals surface area contributed by atoms with Crippen molar-refractivity contribution in [1.82, 2.24) is 14.8 Å². The molecule has 0 bridgehead atoms. The zero-order valence-corrected chi connectivity index (χ0v) is 16.5. The number of carboxylic acid groups (broad SMARTS) is 1. The van der Waals surface area contributed by atoms with Crippen LogP contribution in [0.5, 0.6) is 0 Å². The molecule has 2 aromatic carbocycles. The van der Waals surface area contributed by atoms with Gasteiger partial charge < -0.3 is 15.1 Å². The summed E-state index contributed by atoms with van der Waals surface area (Å²) in [4.78, 5) is 33.1. The Morgan fingerprint density at radius 1 is 1.03 bits per heavy atom. The second-order valence-corrected chi connectivity index (χ2v) is 7.32. The molecule has 0 spiro atoms. The number of carbonyl (C=O) groups is 2. The number of hydrogen-bond donors (Lipinski definition) is 2. The summed E-state index contributed by atoms with van der Waals surface area (Å²) in [5, 5.41) is 19.8. The van der Waals surface area contributed by atoms with E-state index >= 15 is 0 Å². The first-order valence-corrected chi connectivity index (χ1v) is 9.90. The Morgan fingerprint density at radius 3 is 2.47 bits per heavy atom. The van der Waals surface area contributed by atoms with E-state index in [1.807, 2.05) is 47.4 Å². The summed E-state index contributed by atoms with van der Waals surface area (Å²) in [6, 6.07) is 16.8. The van der Waals surface area contributed by atoms with Gasteiger partial charge in [-0.25, -0.2) is 9.78 Å². The number of amides is 1. The molecule has 4 rings (SSSR count). The summed E-state index contributed by atoms with van der Waals surface area (Å²) in [5.41, 5.74) is 2.92. The zero-order valence-electron chi connectivity index (χ0n) is 16.5. The summed E-state index contributed by atoms with van der Waals surface area (Å²) in [5.74, 6) is -1.08. The molecule has 1 amide bonds. The van der Waals surface area contributed by atoms with Crippen LogP contribution in [0.3, 0.4) is 0 Å². The van der Waals surface area contributed by atoms with Gasteiger partial charge in [-0.1, -0.05) is 48.5 Å². The molecule has 1 saturated heterocycles. The van der Waals surface area contributed by atoms with Gasteiger partial charge in [0.05, 0.1) is 29.9 Å². The minimum absolute atomic E-state index is 0.0674. The van der Waals surface area contributed by atoms with Gasteiger partial charge in [-0.15, -0.1) is 0 Å². The maximum absolute atomic E-state index is 12.4. The molecule has 0 aliphatic carbocycles. The third kappa shape index (κ3) is 3.90. The first-order valence-electron chi connectivity index (χ1n) is 9.90. The number of aromatic nitrogens is 1. The van der Waals surface area contributed by atoms with Crippen LogP contribution in [0.2, 0.25) is 0 Å². The molecule has 1 aliphatic rings. The molecule has 2 heterocycles. The number of hydrogen-bond acceptors (Lipinski definition) is 5. The van der Waals surface area contributed by atoms with Gasteiger partial charge in [-0.3, -0.25) is 9.69 Å². The highest BCUT2D eigenvalue weighted by molar-refractivity contribution is 6.05. The Labute approximate surface area is 174 Å². The van der Waals surface area contributed by atoms with E-state index in [1.54, 1.807) is 17.0 Å². The lowest BCUT2D eigenvalue weighted by molar-refractivity contribution is -0.136. The molecule has 7 nitrogen and oxygen atoms in total. The molecule has 2 N–H and O–H groups in total. The number of aliphatic hydroxyl groups is 1. The van der Waals surface area contributed by atoms with Crippen molar-refractivity contribution in [3.8, 4) is 11.3 Å². The predicted molar refractivity (Wildman–Crippen MR) is 113 cm³/mol. The lowest BCUT2D eigenvalue weighted by Gasteiger charge is -2.34. The van der Waals surface area contributed by atoms with Crippen molar-refractivity contribution in [1.29, 1.82) is 0 Å². The SMILES string of the molecule is O=C(O)c1c(CN2CCN(CCO)C(=O)C2)c(-c2ccccc2)nc2ccccc12. The van der Waals surface area contributed by atoms with Gasteiger partial charge in [0.1, 0.15) is 0 Å². The second kappa shape index (κ2) is 8.61.